The van der Waals surface area contributed by atoms with Gasteiger partial charge < -0.3 is 10.5 Å². The summed E-state index contributed by atoms with van der Waals surface area (Å²) in [6.07, 6.45) is -4.72. The van der Waals surface area contributed by atoms with E-state index in [0.29, 0.717) is 0 Å². The summed E-state index contributed by atoms with van der Waals surface area (Å²) < 4.78 is 41.3. The van der Waals surface area contributed by atoms with Crippen LogP contribution in [0.25, 0.3) is 0 Å². The molecular formula is C8H6ClF3N2O2. The van der Waals surface area contributed by atoms with Gasteiger partial charge in [-0.3, -0.25) is 0 Å². The molecule has 0 atom stereocenters. The van der Waals surface area contributed by atoms with Crippen molar-refractivity contribution in [2.75, 3.05) is 12.8 Å². The van der Waals surface area contributed by atoms with Crippen molar-refractivity contribution >= 4 is 23.4 Å². The molecule has 0 aliphatic rings. The quantitative estimate of drug-likeness (QED) is 0.780. The Labute approximate surface area is 93.2 Å². The summed E-state index contributed by atoms with van der Waals surface area (Å²) in [5.41, 5.74) is 3.55. The van der Waals surface area contributed by atoms with E-state index in [-0.39, 0.29) is 5.56 Å². The molecule has 1 aromatic rings. The van der Waals surface area contributed by atoms with Gasteiger partial charge in [0, 0.05) is 0 Å². The second-order valence-corrected chi connectivity index (χ2v) is 3.15. The van der Waals surface area contributed by atoms with Gasteiger partial charge in [0.1, 0.15) is 11.4 Å². The fraction of sp³-hybridized carbons (Fsp3) is 0.250. The number of halogens is 4. The van der Waals surface area contributed by atoms with Gasteiger partial charge in [-0.05, 0) is 6.07 Å². The van der Waals surface area contributed by atoms with E-state index in [9.17, 15) is 18.0 Å². The molecule has 0 aliphatic heterocycles. The number of hydrogen-bond acceptors (Lipinski definition) is 4. The number of anilines is 1. The molecule has 1 rings (SSSR count). The van der Waals surface area contributed by atoms with E-state index in [0.717, 1.165) is 13.2 Å². The zero-order chi connectivity index (χ0) is 12.5. The van der Waals surface area contributed by atoms with Crippen LogP contribution in [0, 0.1) is 0 Å². The molecule has 1 heterocycles. The highest BCUT2D eigenvalue weighted by atomic mass is 35.5. The maximum absolute atomic E-state index is 12.3. The van der Waals surface area contributed by atoms with Crippen molar-refractivity contribution in [1.29, 1.82) is 0 Å². The van der Waals surface area contributed by atoms with Gasteiger partial charge in [-0.25, -0.2) is 9.78 Å². The molecule has 0 aromatic carbocycles. The average Bonchev–Trinajstić information content (AvgIpc) is 2.18. The Kier molecular flexibility index (Phi) is 3.27. The van der Waals surface area contributed by atoms with Crippen LogP contribution < -0.4 is 5.73 Å². The van der Waals surface area contributed by atoms with Crippen LogP contribution in [0.1, 0.15) is 16.1 Å². The zero-order valence-corrected chi connectivity index (χ0v) is 8.69. The van der Waals surface area contributed by atoms with Gasteiger partial charge in [-0.2, -0.15) is 13.2 Å². The van der Waals surface area contributed by atoms with E-state index in [1.807, 2.05) is 0 Å². The predicted molar refractivity (Wildman–Crippen MR) is 50.0 cm³/mol. The van der Waals surface area contributed by atoms with Crippen LogP contribution >= 0.6 is 11.6 Å². The molecule has 0 saturated carbocycles. The summed E-state index contributed by atoms with van der Waals surface area (Å²) in [6.45, 7) is 0. The van der Waals surface area contributed by atoms with Crippen LogP contribution in [0.3, 0.4) is 0 Å². The summed E-state index contributed by atoms with van der Waals surface area (Å²) in [5.74, 6) is -1.48. The molecule has 0 unspecified atom stereocenters. The number of nitrogens with zero attached hydrogens (tertiary/aromatic N) is 1. The smallest absolute Gasteiger partial charge is 0.434 e. The lowest BCUT2D eigenvalue weighted by atomic mass is 10.2. The first kappa shape index (κ1) is 12.6. The molecule has 1 aromatic heterocycles. The van der Waals surface area contributed by atoms with E-state index < -0.39 is 28.7 Å². The number of ether oxygens (including phenoxy) is 1. The van der Waals surface area contributed by atoms with Crippen molar-refractivity contribution in [3.8, 4) is 0 Å². The molecule has 0 saturated heterocycles. The molecule has 8 heteroatoms. The first-order chi connectivity index (χ1) is 7.27. The Morgan fingerprint density at radius 1 is 1.56 bits per heavy atom. The summed E-state index contributed by atoms with van der Waals surface area (Å²) in [6, 6.07) is 0.776. The number of nitrogens with two attached hydrogens (primary N) is 1. The summed E-state index contributed by atoms with van der Waals surface area (Å²) in [4.78, 5) is 14.1. The monoisotopic (exact) mass is 254 g/mol. The predicted octanol–water partition coefficient (Wildman–Crippen LogP) is 2.12. The molecule has 4 nitrogen and oxygen atoms in total. The number of methoxy groups -OCH3 is 1. The summed E-state index contributed by atoms with van der Waals surface area (Å²) in [7, 11) is 1.06. The van der Waals surface area contributed by atoms with Gasteiger partial charge in [0.25, 0.3) is 0 Å². The lowest BCUT2D eigenvalue weighted by molar-refractivity contribution is -0.141. The van der Waals surface area contributed by atoms with Crippen LogP contribution in [-0.2, 0) is 10.9 Å². The van der Waals surface area contributed by atoms with E-state index >= 15 is 0 Å². The third kappa shape index (κ3) is 2.35. The van der Waals surface area contributed by atoms with Crippen molar-refractivity contribution in [3.05, 3.63) is 22.3 Å². The fourth-order valence-electron chi connectivity index (χ4n) is 0.975. The molecule has 2 N–H and O–H groups in total. The van der Waals surface area contributed by atoms with Gasteiger partial charge >= 0.3 is 12.1 Å². The summed E-state index contributed by atoms with van der Waals surface area (Å²) in [5, 5.41) is -0.706. The first-order valence-corrected chi connectivity index (χ1v) is 4.26. The third-order valence-corrected chi connectivity index (χ3v) is 1.97. The first-order valence-electron chi connectivity index (χ1n) is 3.89. The second kappa shape index (κ2) is 4.17. The van der Waals surface area contributed by atoms with Gasteiger partial charge in [-0.1, -0.05) is 11.6 Å². The Bertz CT molecular complexity index is 434. The number of alkyl halides is 3. The van der Waals surface area contributed by atoms with E-state index in [2.05, 4.69) is 9.72 Å². The fourth-order valence-corrected chi connectivity index (χ4v) is 1.23. The van der Waals surface area contributed by atoms with E-state index in [4.69, 9.17) is 17.3 Å². The Morgan fingerprint density at radius 3 is 2.56 bits per heavy atom. The maximum Gasteiger partial charge on any atom is 0.434 e. The molecule has 0 spiro atoms. The van der Waals surface area contributed by atoms with Crippen molar-refractivity contribution in [2.24, 2.45) is 0 Å². The number of pyridine rings is 1. The van der Waals surface area contributed by atoms with E-state index in [1.165, 1.54) is 0 Å². The SMILES string of the molecule is COC(=O)c1cc(Cl)c(C(F)(F)F)nc1N. The minimum absolute atomic E-state index is 0.305. The Hall–Kier alpha value is -1.50. The largest absolute Gasteiger partial charge is 0.465 e. The lowest BCUT2D eigenvalue weighted by Gasteiger charge is -2.10. The van der Waals surface area contributed by atoms with E-state index in [1.54, 1.807) is 0 Å². The zero-order valence-electron chi connectivity index (χ0n) is 7.93. The molecule has 0 amide bonds. The highest BCUT2D eigenvalue weighted by molar-refractivity contribution is 6.31. The van der Waals surface area contributed by atoms with Gasteiger partial charge in [0.15, 0.2) is 5.69 Å². The normalized spacial score (nSPS) is 11.3. The van der Waals surface area contributed by atoms with Gasteiger partial charge in [-0.15, -0.1) is 0 Å². The number of esters is 1. The molecule has 0 bridgehead atoms. The maximum atomic E-state index is 12.3. The van der Waals surface area contributed by atoms with Crippen molar-refractivity contribution in [2.45, 2.75) is 6.18 Å². The Morgan fingerprint density at radius 2 is 2.12 bits per heavy atom. The molecule has 0 aliphatic carbocycles. The topological polar surface area (TPSA) is 65.2 Å². The van der Waals surface area contributed by atoms with Crippen LogP contribution in [0.5, 0.6) is 0 Å². The Balaban J connectivity index is 3.33. The van der Waals surface area contributed by atoms with Crippen LogP contribution in [-0.4, -0.2) is 18.1 Å². The number of aromatic nitrogens is 1. The van der Waals surface area contributed by atoms with Crippen LogP contribution in [0.2, 0.25) is 5.02 Å². The number of rotatable bonds is 1. The van der Waals surface area contributed by atoms with Crippen molar-refractivity contribution in [3.63, 3.8) is 0 Å². The summed E-state index contributed by atoms with van der Waals surface area (Å²) >= 11 is 5.34. The molecular weight excluding hydrogens is 249 g/mol. The number of carbonyl (C=O) groups excluding carboxylic acids is 1. The number of carbonyl (C=O) groups is 1. The molecule has 88 valence electrons. The second-order valence-electron chi connectivity index (χ2n) is 2.74. The van der Waals surface area contributed by atoms with Crippen molar-refractivity contribution < 1.29 is 22.7 Å². The van der Waals surface area contributed by atoms with Gasteiger partial charge in [0.05, 0.1) is 12.1 Å². The minimum atomic E-state index is -4.72. The number of nitrogen functional groups attached to an aromatic ring is 1. The minimum Gasteiger partial charge on any atom is -0.465 e. The molecule has 0 radical (unpaired) electrons. The molecule has 0 fully saturated rings. The molecule has 16 heavy (non-hydrogen) atoms. The number of hydrogen-bond donors (Lipinski definition) is 1. The highest BCUT2D eigenvalue weighted by Crippen LogP contribution is 2.34. The average molecular weight is 255 g/mol. The lowest BCUT2D eigenvalue weighted by Crippen LogP contribution is -2.14. The van der Waals surface area contributed by atoms with Gasteiger partial charge in [0.2, 0.25) is 0 Å². The van der Waals surface area contributed by atoms with Crippen LogP contribution in [0.4, 0.5) is 19.0 Å². The standard InChI is InChI=1S/C8H6ClF3N2O2/c1-16-7(15)3-2-4(9)5(8(10,11)12)14-6(3)13/h2H,1H3,(H2,13,14). The third-order valence-electron chi connectivity index (χ3n) is 1.68. The highest BCUT2D eigenvalue weighted by Gasteiger charge is 2.36. The van der Waals surface area contributed by atoms with Crippen molar-refractivity contribution in [1.82, 2.24) is 4.98 Å². The van der Waals surface area contributed by atoms with Crippen LogP contribution in [0.15, 0.2) is 6.07 Å².